The number of aromatic amines is 1. The summed E-state index contributed by atoms with van der Waals surface area (Å²) in [5, 5.41) is 66.9. The molecule has 1 aromatic heterocycles. The minimum atomic E-state index is -0.886. The van der Waals surface area contributed by atoms with Crippen molar-refractivity contribution in [2.24, 2.45) is 40.1 Å². The van der Waals surface area contributed by atoms with Crippen LogP contribution in [-0.2, 0) is 36.2 Å². The van der Waals surface area contributed by atoms with Gasteiger partial charge in [-0.15, -0.1) is 0 Å². The Morgan fingerprint density at radius 2 is 1.68 bits per heavy atom. The standard InChI is InChI=1S/C63H73N3O9S2/c64-61(65)52-29-42-5-3-7-55-50(18-22-66-55)58(73)31-53-51(42)30-45(52)35-76-77-37-63-20-16-46(27-44(28-48(70)34-68)40-11-12-43(33-67)49-6-2-1-4-41(49)26-40)62(36-63,32-60(63)74)21-17-47(69)13-8-38-10-15-57(72)59(25-38)75-23-19-39-9-14-56(71)54(53)24-39/h1-2,4,6,9-10,14-15,17-18,21-22,24-25,29-30,40,43-44,46,48,53,60-61,66-68,70-72,74H,7-8,11-13,16,19-20,23,26-28,31-37,64-65H2/b21-17+/t40-,43+,44+,46-,48-,53-,60-,62+,63+/m0/s1. The van der Waals surface area contributed by atoms with E-state index in [4.69, 9.17) is 16.2 Å². The van der Waals surface area contributed by atoms with Gasteiger partial charge in [0.2, 0.25) is 0 Å². The highest BCUT2D eigenvalue weighted by atomic mass is 33.1. The van der Waals surface area contributed by atoms with E-state index in [0.29, 0.717) is 72.5 Å². The molecule has 406 valence electrons. The van der Waals surface area contributed by atoms with Crippen molar-refractivity contribution in [1.29, 1.82) is 0 Å². The second-order valence-electron chi connectivity index (χ2n) is 22.7. The van der Waals surface area contributed by atoms with Gasteiger partial charge in [-0.3, -0.25) is 9.59 Å². The topological polar surface area (TPSA) is 233 Å². The maximum absolute atomic E-state index is 14.3. The first-order valence-electron chi connectivity index (χ1n) is 27.5. The Bertz CT molecular complexity index is 3050. The first-order chi connectivity index (χ1) is 37.2. The summed E-state index contributed by atoms with van der Waals surface area (Å²) in [6.07, 6.45) is 11.2. The smallest absolute Gasteiger partial charge is 0.165 e. The molecule has 11 N–H and O–H groups in total. The molecule has 2 saturated carbocycles. The van der Waals surface area contributed by atoms with E-state index < -0.39 is 35.1 Å². The summed E-state index contributed by atoms with van der Waals surface area (Å²) >= 11 is 0. The number of carbonyl (C=O) groups is 2. The van der Waals surface area contributed by atoms with Gasteiger partial charge in [-0.2, -0.15) is 0 Å². The predicted molar refractivity (Wildman–Crippen MR) is 303 cm³/mol. The number of hydrogen-bond acceptors (Lipinski definition) is 13. The summed E-state index contributed by atoms with van der Waals surface area (Å²) in [5.41, 5.74) is 21.2. The van der Waals surface area contributed by atoms with Crippen molar-refractivity contribution in [3.63, 3.8) is 0 Å². The van der Waals surface area contributed by atoms with Crippen LogP contribution in [-0.4, -0.2) is 85.0 Å². The van der Waals surface area contributed by atoms with Crippen LogP contribution in [0.2, 0.25) is 0 Å². The summed E-state index contributed by atoms with van der Waals surface area (Å²) in [4.78, 5) is 31.6. The highest BCUT2D eigenvalue weighted by Crippen LogP contribution is 2.65. The van der Waals surface area contributed by atoms with Gasteiger partial charge >= 0.3 is 0 Å². The number of Topliss-reactive ketones (excluding diaryl/α,β-unsaturated/α-hetero) is 1. The van der Waals surface area contributed by atoms with Crippen LogP contribution < -0.4 is 16.2 Å². The predicted octanol–water partition coefficient (Wildman–Crippen LogP) is 9.24. The Labute approximate surface area is 459 Å². The number of nitrogens with two attached hydrogens (primary N) is 2. The average Bonchev–Trinajstić information content (AvgIpc) is 3.99. The lowest BCUT2D eigenvalue weighted by molar-refractivity contribution is -0.114. The fourth-order valence-electron chi connectivity index (χ4n) is 13.8. The highest BCUT2D eigenvalue weighted by Gasteiger charge is 2.59. The van der Waals surface area contributed by atoms with E-state index in [9.17, 15) is 40.2 Å². The molecule has 5 aliphatic rings. The van der Waals surface area contributed by atoms with Crippen molar-refractivity contribution in [2.75, 3.05) is 25.6 Å². The maximum Gasteiger partial charge on any atom is 0.165 e. The molecule has 0 spiro atoms. The number of aryl methyl sites for hydroxylation is 1. The third-order valence-electron chi connectivity index (χ3n) is 18.0. The number of nitrogens with one attached hydrogen (secondary N) is 1. The molecular formula is C63H73N3O9S2. The van der Waals surface area contributed by atoms with Crippen LogP contribution in [0.4, 0.5) is 0 Å². The Hall–Kier alpha value is -5.34. The molecule has 0 radical (unpaired) electrons. The van der Waals surface area contributed by atoms with Crippen LogP contribution in [0.3, 0.4) is 0 Å². The van der Waals surface area contributed by atoms with E-state index in [1.165, 1.54) is 11.1 Å². The quantitative estimate of drug-likeness (QED) is 0.0306. The fourth-order valence-corrected chi connectivity index (χ4v) is 16.6. The highest BCUT2D eigenvalue weighted by molar-refractivity contribution is 8.76. The van der Waals surface area contributed by atoms with Crippen LogP contribution in [0.1, 0.15) is 148 Å². The number of aliphatic hydroxyl groups is 4. The van der Waals surface area contributed by atoms with Gasteiger partial charge in [0, 0.05) is 83.2 Å². The molecule has 0 amide bonds. The molecule has 2 fully saturated rings. The van der Waals surface area contributed by atoms with Crippen molar-refractivity contribution in [3.05, 3.63) is 159 Å². The number of fused-ring (bicyclic) bond motifs is 8. The first kappa shape index (κ1) is 55.0. The Balaban J connectivity index is 0.999. The molecule has 0 unspecified atom stereocenters. The molecule has 77 heavy (non-hydrogen) atoms. The number of phenols is 2. The van der Waals surface area contributed by atoms with Gasteiger partial charge in [0.1, 0.15) is 5.75 Å². The van der Waals surface area contributed by atoms with Crippen molar-refractivity contribution in [1.82, 2.24) is 4.98 Å². The van der Waals surface area contributed by atoms with Gasteiger partial charge < -0.3 is 51.8 Å². The van der Waals surface area contributed by atoms with E-state index in [2.05, 4.69) is 47.2 Å². The zero-order valence-corrected chi connectivity index (χ0v) is 45.3. The number of ketones is 2. The number of aromatic nitrogens is 1. The number of aliphatic hydroxyl groups excluding tert-OH is 4. The van der Waals surface area contributed by atoms with Crippen LogP contribution in [0.25, 0.3) is 0 Å². The van der Waals surface area contributed by atoms with Crippen LogP contribution in [0, 0.1) is 40.4 Å². The zero-order chi connectivity index (χ0) is 53.8. The largest absolute Gasteiger partial charge is 0.508 e. The lowest BCUT2D eigenvalue weighted by Gasteiger charge is -2.46. The number of allylic oxidation sites excluding steroid dienone is 2. The molecule has 8 bridgehead atoms. The summed E-state index contributed by atoms with van der Waals surface area (Å²) in [5.74, 6) is 7.82. The SMILES string of the molecule is NC(N)c1cc2c3cc1CSSC[C@]14CC[C@@H](C[C@H](C[C@H](O)CO)[C@H]5CC[C@H](CO)c6ccccc6C5)[C@](/C=C/C(=O)CCc5ccc(O)c(c5)OCCc5ccc(O)c(c5)[C@H]3CC(=O)c3cc[nH]c3CC#C2)(C[C@@H]1O)C4. The van der Waals surface area contributed by atoms with Crippen molar-refractivity contribution in [3.8, 4) is 29.1 Å². The molecular weight excluding hydrogens is 1010 g/mol. The normalized spacial score (nSPS) is 27.0. The molecule has 4 aliphatic carbocycles. The number of H-pyrrole nitrogens is 1. The Morgan fingerprint density at radius 3 is 2.49 bits per heavy atom. The van der Waals surface area contributed by atoms with E-state index in [1.807, 2.05) is 24.3 Å². The summed E-state index contributed by atoms with van der Waals surface area (Å²) in [6, 6.07) is 24.7. The van der Waals surface area contributed by atoms with Crippen molar-refractivity contribution in [2.45, 2.75) is 126 Å². The molecule has 9 atom stereocenters. The summed E-state index contributed by atoms with van der Waals surface area (Å²) in [6.45, 7) is -0.0654. The van der Waals surface area contributed by atoms with Gasteiger partial charge in [0.05, 0.1) is 38.0 Å². The lowest BCUT2D eigenvalue weighted by atomic mass is 9.60. The number of hydrogen-bond donors (Lipinski definition) is 9. The number of phenolic OH excluding ortho intramolecular Hbond substituents is 2. The van der Waals surface area contributed by atoms with E-state index in [-0.39, 0.29) is 79.4 Å². The minimum absolute atomic E-state index is 0.0221. The van der Waals surface area contributed by atoms with Gasteiger partial charge in [0.25, 0.3) is 0 Å². The molecule has 10 rings (SSSR count). The molecule has 12 nitrogen and oxygen atoms in total. The minimum Gasteiger partial charge on any atom is -0.508 e. The van der Waals surface area contributed by atoms with Crippen LogP contribution in [0.5, 0.6) is 17.2 Å². The summed E-state index contributed by atoms with van der Waals surface area (Å²) in [7, 11) is 3.38. The number of rotatable bonds is 8. The second-order valence-corrected chi connectivity index (χ2v) is 25.2. The molecule has 1 aliphatic heterocycles. The molecule has 2 heterocycles. The second kappa shape index (κ2) is 23.9. The molecule has 14 heteroatoms. The monoisotopic (exact) mass is 1080 g/mol. The van der Waals surface area contributed by atoms with Gasteiger partial charge in [-0.05, 0) is 163 Å². The van der Waals surface area contributed by atoms with Crippen molar-refractivity contribution >= 4 is 33.2 Å². The van der Waals surface area contributed by atoms with Gasteiger partial charge in [-0.25, -0.2) is 0 Å². The number of ether oxygens (including phenoxy) is 1. The number of aromatic hydroxyl groups is 2. The lowest BCUT2D eigenvalue weighted by Crippen LogP contribution is -2.39. The van der Waals surface area contributed by atoms with Crippen molar-refractivity contribution < 1.29 is 45.0 Å². The Kier molecular flexibility index (Phi) is 17.1. The third kappa shape index (κ3) is 12.0. The molecule has 0 saturated heterocycles. The summed E-state index contributed by atoms with van der Waals surface area (Å²) < 4.78 is 6.21. The van der Waals surface area contributed by atoms with Crippen LogP contribution >= 0.6 is 21.6 Å². The first-order valence-corrected chi connectivity index (χ1v) is 30.0. The fraction of sp³-hybridized carbons (Fsp3) is 0.460. The zero-order valence-electron chi connectivity index (χ0n) is 43.7. The van der Waals surface area contributed by atoms with Gasteiger partial charge in [0.15, 0.2) is 23.1 Å². The third-order valence-corrected chi connectivity index (χ3v) is 20.5. The van der Waals surface area contributed by atoms with E-state index >= 15 is 0 Å². The van der Waals surface area contributed by atoms with Gasteiger partial charge in [-0.1, -0.05) is 88.0 Å². The Morgan fingerprint density at radius 1 is 0.857 bits per heavy atom. The number of carbonyl (C=O) groups excluding carboxylic acids is 2. The van der Waals surface area contributed by atoms with E-state index in [0.717, 1.165) is 72.0 Å². The average molecular weight is 1080 g/mol. The van der Waals surface area contributed by atoms with E-state index in [1.54, 1.807) is 64.2 Å². The maximum atomic E-state index is 14.3. The molecule has 5 aromatic rings. The number of benzene rings is 4. The molecule has 4 aromatic carbocycles. The van der Waals surface area contributed by atoms with Crippen LogP contribution in [0.15, 0.2) is 97.2 Å².